The molecule has 134 valence electrons. The maximum Gasteiger partial charge on any atom is 0.244 e. The molecule has 1 aliphatic rings. The van der Waals surface area contributed by atoms with Crippen LogP contribution in [-0.4, -0.2) is 25.0 Å². The van der Waals surface area contributed by atoms with Crippen molar-refractivity contribution in [3.63, 3.8) is 0 Å². The molecule has 1 atom stereocenters. The number of halogens is 1. The molecule has 0 bridgehead atoms. The summed E-state index contributed by atoms with van der Waals surface area (Å²) in [6.45, 7) is 6.85. The highest BCUT2D eigenvalue weighted by molar-refractivity contribution is 8.01. The molecule has 2 aromatic rings. The quantitative estimate of drug-likeness (QED) is 0.727. The van der Waals surface area contributed by atoms with Crippen LogP contribution in [0.5, 0.6) is 0 Å². The van der Waals surface area contributed by atoms with Crippen molar-refractivity contribution >= 4 is 33.4 Å². The predicted molar refractivity (Wildman–Crippen MR) is 106 cm³/mol. The molecular formula is C19H22ClNO2S2. The third kappa shape index (κ3) is 3.90. The summed E-state index contributed by atoms with van der Waals surface area (Å²) in [4.78, 5) is 0.343. The molecule has 1 saturated heterocycles. The molecule has 0 N–H and O–H groups in total. The van der Waals surface area contributed by atoms with Gasteiger partial charge in [0.15, 0.2) is 0 Å². The van der Waals surface area contributed by atoms with Crippen molar-refractivity contribution in [3.8, 4) is 0 Å². The first-order chi connectivity index (χ1) is 11.7. The maximum atomic E-state index is 13.1. The Bertz CT molecular complexity index is 858. The van der Waals surface area contributed by atoms with Gasteiger partial charge in [-0.2, -0.15) is 4.31 Å². The van der Waals surface area contributed by atoms with Gasteiger partial charge in [0.05, 0.1) is 10.3 Å². The van der Waals surface area contributed by atoms with Crippen LogP contribution in [0.2, 0.25) is 5.02 Å². The SMILES string of the molecule is CC(C)(C)c1ccc(S(=O)(=O)N2CCS[C@@H]2c2cccc(Cl)c2)cc1. The van der Waals surface area contributed by atoms with Crippen molar-refractivity contribution in [2.45, 2.75) is 36.5 Å². The summed E-state index contributed by atoms with van der Waals surface area (Å²) in [7, 11) is -3.54. The second-order valence-corrected chi connectivity index (χ2v) is 10.7. The summed E-state index contributed by atoms with van der Waals surface area (Å²) in [5.41, 5.74) is 2.04. The number of rotatable bonds is 3. The van der Waals surface area contributed by atoms with E-state index in [-0.39, 0.29) is 10.8 Å². The Hall–Kier alpha value is -1.01. The van der Waals surface area contributed by atoms with Crippen molar-refractivity contribution in [1.82, 2.24) is 4.31 Å². The number of hydrogen-bond donors (Lipinski definition) is 0. The molecule has 1 aliphatic heterocycles. The van der Waals surface area contributed by atoms with Crippen LogP contribution in [0.4, 0.5) is 0 Å². The van der Waals surface area contributed by atoms with Gasteiger partial charge in [0.1, 0.15) is 0 Å². The summed E-state index contributed by atoms with van der Waals surface area (Å²) >= 11 is 7.71. The fourth-order valence-electron chi connectivity index (χ4n) is 2.89. The third-order valence-electron chi connectivity index (χ3n) is 4.31. The van der Waals surface area contributed by atoms with Crippen molar-refractivity contribution in [1.29, 1.82) is 0 Å². The van der Waals surface area contributed by atoms with Crippen LogP contribution in [0, 0.1) is 0 Å². The van der Waals surface area contributed by atoms with Gasteiger partial charge in [-0.15, -0.1) is 11.8 Å². The second kappa shape index (κ2) is 6.95. The van der Waals surface area contributed by atoms with Crippen LogP contribution in [0.15, 0.2) is 53.4 Å². The molecule has 0 aliphatic carbocycles. The summed E-state index contributed by atoms with van der Waals surface area (Å²) in [5.74, 6) is 0.774. The van der Waals surface area contributed by atoms with Crippen LogP contribution in [0.1, 0.15) is 37.3 Å². The normalized spacial score (nSPS) is 19.3. The van der Waals surface area contributed by atoms with E-state index in [1.807, 2.05) is 30.3 Å². The van der Waals surface area contributed by atoms with Gasteiger partial charge in [0.2, 0.25) is 10.0 Å². The van der Waals surface area contributed by atoms with E-state index in [0.717, 1.165) is 16.9 Å². The molecule has 25 heavy (non-hydrogen) atoms. The Balaban J connectivity index is 1.93. The average Bonchev–Trinajstić information content (AvgIpc) is 3.04. The van der Waals surface area contributed by atoms with Crippen LogP contribution < -0.4 is 0 Å². The molecule has 0 spiro atoms. The van der Waals surface area contributed by atoms with Gasteiger partial charge in [-0.05, 0) is 40.8 Å². The maximum absolute atomic E-state index is 13.1. The first kappa shape index (κ1) is 18.8. The molecule has 0 amide bonds. The van der Waals surface area contributed by atoms with E-state index in [1.54, 1.807) is 34.3 Å². The van der Waals surface area contributed by atoms with Crippen LogP contribution in [0.25, 0.3) is 0 Å². The zero-order valence-electron chi connectivity index (χ0n) is 14.6. The monoisotopic (exact) mass is 395 g/mol. The van der Waals surface area contributed by atoms with E-state index in [9.17, 15) is 8.42 Å². The van der Waals surface area contributed by atoms with Gasteiger partial charge >= 0.3 is 0 Å². The molecular weight excluding hydrogens is 374 g/mol. The van der Waals surface area contributed by atoms with Gasteiger partial charge in [-0.25, -0.2) is 8.42 Å². The molecule has 6 heteroatoms. The molecule has 3 rings (SSSR count). The van der Waals surface area contributed by atoms with Gasteiger partial charge in [-0.1, -0.05) is 56.6 Å². The first-order valence-corrected chi connectivity index (χ1v) is 11.1. The number of sulfonamides is 1. The Morgan fingerprint density at radius 2 is 1.80 bits per heavy atom. The highest BCUT2D eigenvalue weighted by Crippen LogP contribution is 2.42. The lowest BCUT2D eigenvalue weighted by molar-refractivity contribution is 0.434. The smallest absolute Gasteiger partial charge is 0.207 e. The number of nitrogens with zero attached hydrogens (tertiary/aromatic N) is 1. The van der Waals surface area contributed by atoms with E-state index >= 15 is 0 Å². The largest absolute Gasteiger partial charge is 0.244 e. The minimum absolute atomic E-state index is 0.00485. The van der Waals surface area contributed by atoms with E-state index in [2.05, 4.69) is 20.8 Å². The first-order valence-electron chi connectivity index (χ1n) is 8.19. The summed E-state index contributed by atoms with van der Waals surface area (Å²) in [5, 5.41) is 0.392. The van der Waals surface area contributed by atoms with E-state index < -0.39 is 10.0 Å². The van der Waals surface area contributed by atoms with Crippen molar-refractivity contribution in [2.24, 2.45) is 0 Å². The summed E-state index contributed by atoms with van der Waals surface area (Å²) in [6.07, 6.45) is 0. The van der Waals surface area contributed by atoms with Crippen molar-refractivity contribution < 1.29 is 8.42 Å². The van der Waals surface area contributed by atoms with Crippen LogP contribution >= 0.6 is 23.4 Å². The molecule has 1 heterocycles. The van der Waals surface area contributed by atoms with E-state index in [0.29, 0.717) is 16.5 Å². The Morgan fingerprint density at radius 3 is 2.40 bits per heavy atom. The minimum Gasteiger partial charge on any atom is -0.207 e. The Morgan fingerprint density at radius 1 is 1.12 bits per heavy atom. The second-order valence-electron chi connectivity index (χ2n) is 7.17. The third-order valence-corrected chi connectivity index (χ3v) is 7.82. The number of thioether (sulfide) groups is 1. The molecule has 0 radical (unpaired) electrons. The summed E-state index contributed by atoms with van der Waals surface area (Å²) in [6, 6.07) is 14.7. The minimum atomic E-state index is -3.54. The summed E-state index contributed by atoms with van der Waals surface area (Å²) < 4.78 is 27.9. The van der Waals surface area contributed by atoms with Crippen molar-refractivity contribution in [3.05, 3.63) is 64.7 Å². The van der Waals surface area contributed by atoms with Gasteiger partial charge in [0, 0.05) is 17.3 Å². The lowest BCUT2D eigenvalue weighted by Crippen LogP contribution is -2.30. The number of hydrogen-bond acceptors (Lipinski definition) is 3. The van der Waals surface area contributed by atoms with Crippen molar-refractivity contribution in [2.75, 3.05) is 12.3 Å². The molecule has 0 saturated carbocycles. The molecule has 3 nitrogen and oxygen atoms in total. The van der Waals surface area contributed by atoms with E-state index in [1.165, 1.54) is 0 Å². The highest BCUT2D eigenvalue weighted by Gasteiger charge is 2.37. The topological polar surface area (TPSA) is 37.4 Å². The molecule has 0 unspecified atom stereocenters. The van der Waals surface area contributed by atoms with E-state index in [4.69, 9.17) is 11.6 Å². The lowest BCUT2D eigenvalue weighted by Gasteiger charge is -2.24. The molecule has 0 aromatic heterocycles. The fraction of sp³-hybridized carbons (Fsp3) is 0.368. The predicted octanol–water partition coefficient (Wildman–Crippen LogP) is 5.07. The van der Waals surface area contributed by atoms with Crippen LogP contribution in [0.3, 0.4) is 0 Å². The number of benzene rings is 2. The Labute approximate surface area is 159 Å². The zero-order valence-corrected chi connectivity index (χ0v) is 17.0. The average molecular weight is 396 g/mol. The lowest BCUT2D eigenvalue weighted by atomic mass is 9.87. The zero-order chi connectivity index (χ0) is 18.2. The highest BCUT2D eigenvalue weighted by atomic mass is 35.5. The standard InChI is InChI=1S/C19H22ClNO2S2/c1-19(2,3)15-7-9-17(10-8-15)25(22,23)21-11-12-24-18(21)14-5-4-6-16(20)13-14/h4-10,13,18H,11-12H2,1-3H3/t18-/m1/s1. The molecule has 1 fully saturated rings. The van der Waals surface area contributed by atoms with Gasteiger partial charge < -0.3 is 0 Å². The van der Waals surface area contributed by atoms with Gasteiger partial charge in [-0.3, -0.25) is 0 Å². The fourth-order valence-corrected chi connectivity index (χ4v) is 6.32. The van der Waals surface area contributed by atoms with Crippen LogP contribution in [-0.2, 0) is 15.4 Å². The molecule has 2 aromatic carbocycles. The Kier molecular flexibility index (Phi) is 5.22. The van der Waals surface area contributed by atoms with Gasteiger partial charge in [0.25, 0.3) is 0 Å².